The molecule has 0 aliphatic heterocycles. The Balaban J connectivity index is 1.82. The Morgan fingerprint density at radius 1 is 0.811 bits per heavy atom. The number of rotatable bonds is 3. The van der Waals surface area contributed by atoms with Gasteiger partial charge in [-0.05, 0) is 90.3 Å². The van der Waals surface area contributed by atoms with E-state index >= 15 is 0 Å². The van der Waals surface area contributed by atoms with Gasteiger partial charge in [-0.15, -0.1) is 0 Å². The van der Waals surface area contributed by atoms with Crippen LogP contribution in [-0.4, -0.2) is 4.98 Å². The van der Waals surface area contributed by atoms with E-state index in [0.29, 0.717) is 5.56 Å². The highest BCUT2D eigenvalue weighted by Crippen LogP contribution is 2.49. The molecule has 0 radical (unpaired) electrons. The van der Waals surface area contributed by atoms with Crippen LogP contribution in [0.4, 0.5) is 5.69 Å². The lowest BCUT2D eigenvalue weighted by Gasteiger charge is -2.21. The Labute approximate surface area is 217 Å². The molecule has 5 aromatic rings. The van der Waals surface area contributed by atoms with Gasteiger partial charge in [0.1, 0.15) is 0 Å². The molecule has 0 atom stereocenters. The van der Waals surface area contributed by atoms with Gasteiger partial charge in [-0.3, -0.25) is 0 Å². The largest absolute Gasteiger partial charge is 0.398 e. The molecular weight excluding hydrogens is 450 g/mol. The number of aryl methyl sites for hydroxylation is 3. The summed E-state index contributed by atoms with van der Waals surface area (Å²) in [6.45, 7) is 6.30. The zero-order chi connectivity index (χ0) is 25.7. The molecule has 0 saturated carbocycles. The van der Waals surface area contributed by atoms with Gasteiger partial charge in [0.25, 0.3) is 0 Å². The number of nitrogens with zero attached hydrogens (tertiary/aromatic N) is 1. The number of benzene rings is 4. The fourth-order valence-electron chi connectivity index (χ4n) is 5.80. The number of nitrogens with one attached hydrogen (secondary N) is 1. The van der Waals surface area contributed by atoms with Gasteiger partial charge < -0.3 is 10.7 Å². The van der Waals surface area contributed by atoms with Crippen molar-refractivity contribution in [2.75, 3.05) is 5.73 Å². The molecule has 6 rings (SSSR count). The van der Waals surface area contributed by atoms with Crippen molar-refractivity contribution in [1.29, 1.82) is 5.26 Å². The van der Waals surface area contributed by atoms with Crippen LogP contribution in [0.15, 0.2) is 72.8 Å². The number of hydrogen-bond donors (Lipinski definition) is 2. The van der Waals surface area contributed by atoms with Crippen LogP contribution in [-0.2, 0) is 6.42 Å². The quantitative estimate of drug-likeness (QED) is 0.255. The standard InChI is InChI=1S/C34H29N3/c1-20-13-14-25(18-28(20)36)31-22(3)30(23-9-5-4-6-10-23)32(24-15-16-26(19-35)21(2)17-24)34-33(31)27-11-7-8-12-29(27)37-34/h4-7,9-11,13-18,37H,8,12,36H2,1-3H3. The van der Waals surface area contributed by atoms with E-state index in [1.165, 1.54) is 44.5 Å². The molecule has 1 aromatic heterocycles. The molecule has 1 heterocycles. The predicted molar refractivity (Wildman–Crippen MR) is 155 cm³/mol. The van der Waals surface area contributed by atoms with E-state index in [1.807, 2.05) is 19.9 Å². The third-order valence-electron chi connectivity index (χ3n) is 7.73. The molecule has 0 amide bonds. The molecule has 1 aliphatic carbocycles. The summed E-state index contributed by atoms with van der Waals surface area (Å²) in [5.41, 5.74) is 21.9. The summed E-state index contributed by atoms with van der Waals surface area (Å²) in [5, 5.41) is 10.8. The normalized spacial score (nSPS) is 12.5. The third-order valence-corrected chi connectivity index (χ3v) is 7.73. The van der Waals surface area contributed by atoms with Crippen LogP contribution >= 0.6 is 0 Å². The molecule has 37 heavy (non-hydrogen) atoms. The number of H-pyrrole nitrogens is 1. The second-order valence-electron chi connectivity index (χ2n) is 10.0. The SMILES string of the molecule is Cc1ccc(-c2c(C)c(-c3ccccc3)c(-c3ccc(C#N)c(C)c3)c3[nH]c4c(c23)C=CCC4)cc1N. The van der Waals surface area contributed by atoms with Crippen molar-refractivity contribution in [2.24, 2.45) is 0 Å². The fourth-order valence-corrected chi connectivity index (χ4v) is 5.80. The van der Waals surface area contributed by atoms with Crippen molar-refractivity contribution in [3.8, 4) is 39.4 Å². The molecule has 0 saturated heterocycles. The van der Waals surface area contributed by atoms with Gasteiger partial charge in [0.2, 0.25) is 0 Å². The number of aromatic amines is 1. The number of fused-ring (bicyclic) bond motifs is 3. The van der Waals surface area contributed by atoms with Crippen molar-refractivity contribution in [3.63, 3.8) is 0 Å². The zero-order valence-electron chi connectivity index (χ0n) is 21.4. The van der Waals surface area contributed by atoms with Crippen LogP contribution in [0.25, 0.3) is 50.4 Å². The molecule has 0 fully saturated rings. The van der Waals surface area contributed by atoms with Crippen molar-refractivity contribution in [1.82, 2.24) is 4.98 Å². The third kappa shape index (κ3) is 3.65. The second-order valence-corrected chi connectivity index (χ2v) is 10.0. The van der Waals surface area contributed by atoms with Crippen LogP contribution < -0.4 is 5.73 Å². The number of nitriles is 1. The predicted octanol–water partition coefficient (Wildman–Crippen LogP) is 8.51. The highest BCUT2D eigenvalue weighted by molar-refractivity contribution is 6.15. The minimum absolute atomic E-state index is 0.707. The topological polar surface area (TPSA) is 65.6 Å². The van der Waals surface area contributed by atoms with E-state index in [2.05, 4.69) is 90.8 Å². The lowest BCUT2D eigenvalue weighted by Crippen LogP contribution is -1.98. The number of allylic oxidation sites excluding steroid dienone is 1. The maximum absolute atomic E-state index is 9.57. The lowest BCUT2D eigenvalue weighted by atomic mass is 9.82. The van der Waals surface area contributed by atoms with E-state index < -0.39 is 0 Å². The van der Waals surface area contributed by atoms with E-state index in [9.17, 15) is 5.26 Å². The van der Waals surface area contributed by atoms with Crippen molar-refractivity contribution in [3.05, 3.63) is 106 Å². The molecular formula is C34H29N3. The first-order chi connectivity index (χ1) is 18.0. The highest BCUT2D eigenvalue weighted by Gasteiger charge is 2.26. The Bertz CT molecular complexity index is 1760. The molecule has 0 spiro atoms. The van der Waals surface area contributed by atoms with Crippen molar-refractivity contribution < 1.29 is 0 Å². The van der Waals surface area contributed by atoms with Gasteiger partial charge in [0.05, 0.1) is 17.1 Å². The Kier molecular flexibility index (Phi) is 5.46. The fraction of sp³-hybridized carbons (Fsp3) is 0.147. The number of anilines is 1. The van der Waals surface area contributed by atoms with Crippen LogP contribution in [0.3, 0.4) is 0 Å². The van der Waals surface area contributed by atoms with Gasteiger partial charge in [-0.2, -0.15) is 5.26 Å². The first-order valence-electron chi connectivity index (χ1n) is 12.8. The number of nitrogen functional groups attached to an aromatic ring is 1. The summed E-state index contributed by atoms with van der Waals surface area (Å²) < 4.78 is 0. The van der Waals surface area contributed by atoms with Gasteiger partial charge in [-0.25, -0.2) is 0 Å². The zero-order valence-corrected chi connectivity index (χ0v) is 21.4. The van der Waals surface area contributed by atoms with Gasteiger partial charge in [0, 0.05) is 27.9 Å². The minimum atomic E-state index is 0.707. The van der Waals surface area contributed by atoms with E-state index in [0.717, 1.165) is 46.3 Å². The minimum Gasteiger partial charge on any atom is -0.398 e. The summed E-state index contributed by atoms with van der Waals surface area (Å²) in [6, 6.07) is 25.5. The molecule has 0 bridgehead atoms. The summed E-state index contributed by atoms with van der Waals surface area (Å²) in [7, 11) is 0. The van der Waals surface area contributed by atoms with E-state index in [-0.39, 0.29) is 0 Å². The first kappa shape index (κ1) is 22.9. The van der Waals surface area contributed by atoms with E-state index in [1.54, 1.807) is 0 Å². The number of aromatic nitrogens is 1. The molecule has 3 nitrogen and oxygen atoms in total. The summed E-state index contributed by atoms with van der Waals surface area (Å²) >= 11 is 0. The molecule has 3 heteroatoms. The molecule has 4 aromatic carbocycles. The average Bonchev–Trinajstić information content (AvgIpc) is 3.29. The maximum Gasteiger partial charge on any atom is 0.0994 e. The smallest absolute Gasteiger partial charge is 0.0994 e. The van der Waals surface area contributed by atoms with Crippen molar-refractivity contribution in [2.45, 2.75) is 33.6 Å². The molecule has 1 aliphatic rings. The van der Waals surface area contributed by atoms with Crippen LogP contribution in [0.1, 0.15) is 39.9 Å². The Morgan fingerprint density at radius 3 is 2.30 bits per heavy atom. The average molecular weight is 480 g/mol. The highest BCUT2D eigenvalue weighted by atomic mass is 14.7. The van der Waals surface area contributed by atoms with Crippen LogP contribution in [0.2, 0.25) is 0 Å². The number of nitrogens with two attached hydrogens (primary N) is 1. The molecule has 0 unspecified atom stereocenters. The Morgan fingerprint density at radius 2 is 1.57 bits per heavy atom. The van der Waals surface area contributed by atoms with Crippen LogP contribution in [0, 0.1) is 32.1 Å². The lowest BCUT2D eigenvalue weighted by molar-refractivity contribution is 0.951. The molecule has 180 valence electrons. The first-order valence-corrected chi connectivity index (χ1v) is 12.8. The summed E-state index contributed by atoms with van der Waals surface area (Å²) in [6.07, 6.45) is 6.56. The number of hydrogen-bond acceptors (Lipinski definition) is 2. The van der Waals surface area contributed by atoms with E-state index in [4.69, 9.17) is 5.73 Å². The van der Waals surface area contributed by atoms with Gasteiger partial charge in [-0.1, -0.05) is 66.7 Å². The van der Waals surface area contributed by atoms with Gasteiger partial charge in [0.15, 0.2) is 0 Å². The summed E-state index contributed by atoms with van der Waals surface area (Å²) in [5.74, 6) is 0. The van der Waals surface area contributed by atoms with Crippen molar-refractivity contribution >= 4 is 22.7 Å². The molecule has 3 N–H and O–H groups in total. The van der Waals surface area contributed by atoms with Crippen LogP contribution in [0.5, 0.6) is 0 Å². The summed E-state index contributed by atoms with van der Waals surface area (Å²) in [4.78, 5) is 3.86. The monoisotopic (exact) mass is 479 g/mol. The van der Waals surface area contributed by atoms with Gasteiger partial charge >= 0.3 is 0 Å². The maximum atomic E-state index is 9.57. The second kappa shape index (κ2) is 8.84. The Hall–Kier alpha value is -4.55.